The summed E-state index contributed by atoms with van der Waals surface area (Å²) in [5, 5.41) is 10.4. The van der Waals surface area contributed by atoms with Crippen molar-refractivity contribution in [2.45, 2.75) is 45.8 Å². The van der Waals surface area contributed by atoms with Gasteiger partial charge in [0.15, 0.2) is 0 Å². The number of hydrogen-bond donors (Lipinski definition) is 1. The van der Waals surface area contributed by atoms with Crippen LogP contribution in [-0.2, 0) is 17.7 Å². The van der Waals surface area contributed by atoms with E-state index < -0.39 is 5.60 Å². The average Bonchev–Trinajstić information content (AvgIpc) is 2.99. The highest BCUT2D eigenvalue weighted by atomic mass is 16.6. The molecule has 0 radical (unpaired) electrons. The zero-order valence-electron chi connectivity index (χ0n) is 13.9. The molecule has 4 nitrogen and oxygen atoms in total. The van der Waals surface area contributed by atoms with Crippen LogP contribution in [0.3, 0.4) is 0 Å². The summed E-state index contributed by atoms with van der Waals surface area (Å²) in [6, 6.07) is 3.92. The lowest BCUT2D eigenvalue weighted by Crippen LogP contribution is -2.39. The third-order valence-corrected chi connectivity index (χ3v) is 4.08. The molecule has 0 saturated heterocycles. The van der Waals surface area contributed by atoms with E-state index in [1.54, 1.807) is 11.0 Å². The van der Waals surface area contributed by atoms with Gasteiger partial charge in [0.25, 0.3) is 0 Å². The predicted molar refractivity (Wildman–Crippen MR) is 90.2 cm³/mol. The molecule has 1 N–H and O–H groups in total. The van der Waals surface area contributed by atoms with Crippen molar-refractivity contribution in [2.24, 2.45) is 0 Å². The minimum Gasteiger partial charge on any atom is -0.508 e. The number of phenolic OH excluding ortho intramolecular Hbond substituents is 1. The third kappa shape index (κ3) is 3.41. The molecule has 1 aliphatic carbocycles. The van der Waals surface area contributed by atoms with Gasteiger partial charge in [-0.3, -0.25) is 0 Å². The van der Waals surface area contributed by atoms with Crippen LogP contribution < -0.4 is 0 Å². The summed E-state index contributed by atoms with van der Waals surface area (Å²) in [6.07, 6.45) is 7.68. The molecule has 4 heteroatoms. The van der Waals surface area contributed by atoms with Crippen LogP contribution in [0.15, 0.2) is 30.4 Å². The Balaban J connectivity index is 1.82. The molecule has 1 aromatic rings. The Bertz CT molecular complexity index is 695. The predicted octanol–water partition coefficient (Wildman–Crippen LogP) is 4.03. The summed E-state index contributed by atoms with van der Waals surface area (Å²) in [5.74, 6) is 0.256. The van der Waals surface area contributed by atoms with Crippen molar-refractivity contribution in [3.8, 4) is 5.75 Å². The fourth-order valence-electron chi connectivity index (χ4n) is 2.97. The van der Waals surface area contributed by atoms with E-state index in [0.29, 0.717) is 13.1 Å². The van der Waals surface area contributed by atoms with Crippen LogP contribution >= 0.6 is 0 Å². The molecule has 1 aliphatic heterocycles. The maximum Gasteiger partial charge on any atom is 0.410 e. The molecule has 0 fully saturated rings. The molecule has 1 amide bonds. The molecule has 0 atom stereocenters. The number of carbonyl (C=O) groups is 1. The Hall–Kier alpha value is -2.23. The fraction of sp³-hybridized carbons (Fsp3) is 0.421. The smallest absolute Gasteiger partial charge is 0.410 e. The fourth-order valence-corrected chi connectivity index (χ4v) is 2.97. The number of hydrogen-bond acceptors (Lipinski definition) is 3. The summed E-state index contributed by atoms with van der Waals surface area (Å²) in [4.78, 5) is 13.9. The minimum atomic E-state index is -0.509. The Labute approximate surface area is 137 Å². The van der Waals surface area contributed by atoms with Gasteiger partial charge in [-0.1, -0.05) is 24.3 Å². The maximum atomic E-state index is 12.2. The van der Waals surface area contributed by atoms with Crippen molar-refractivity contribution in [1.29, 1.82) is 0 Å². The van der Waals surface area contributed by atoms with E-state index in [9.17, 15) is 9.90 Å². The Morgan fingerprint density at radius 3 is 2.74 bits per heavy atom. The first kappa shape index (κ1) is 15.7. The van der Waals surface area contributed by atoms with Gasteiger partial charge in [0, 0.05) is 12.1 Å². The van der Waals surface area contributed by atoms with Crippen LogP contribution in [0.2, 0.25) is 0 Å². The lowest BCUT2D eigenvalue weighted by Gasteiger charge is -2.31. The number of rotatable bonds is 1. The second kappa shape index (κ2) is 5.76. The maximum absolute atomic E-state index is 12.2. The number of allylic oxidation sites excluding steroid dienone is 4. The summed E-state index contributed by atoms with van der Waals surface area (Å²) < 4.78 is 5.42. The lowest BCUT2D eigenvalue weighted by molar-refractivity contribution is 0.0223. The first-order valence-electron chi connectivity index (χ1n) is 8.03. The molecule has 0 bridgehead atoms. The molecule has 0 aromatic heterocycles. The largest absolute Gasteiger partial charge is 0.508 e. The molecule has 3 rings (SSSR count). The van der Waals surface area contributed by atoms with E-state index in [-0.39, 0.29) is 11.8 Å². The van der Waals surface area contributed by atoms with Crippen LogP contribution in [0.25, 0.3) is 5.57 Å². The average molecular weight is 313 g/mol. The summed E-state index contributed by atoms with van der Waals surface area (Å²) in [6.45, 7) is 6.57. The van der Waals surface area contributed by atoms with E-state index in [0.717, 1.165) is 35.1 Å². The van der Waals surface area contributed by atoms with E-state index in [4.69, 9.17) is 4.74 Å². The van der Waals surface area contributed by atoms with Gasteiger partial charge in [-0.15, -0.1) is 0 Å². The van der Waals surface area contributed by atoms with E-state index in [1.165, 1.54) is 0 Å². The number of benzene rings is 1. The summed E-state index contributed by atoms with van der Waals surface area (Å²) in [5.41, 5.74) is 3.62. The Kier molecular flexibility index (Phi) is 3.92. The Morgan fingerprint density at radius 2 is 2.09 bits per heavy atom. The van der Waals surface area contributed by atoms with Gasteiger partial charge in [-0.25, -0.2) is 4.79 Å². The van der Waals surface area contributed by atoms with Crippen LogP contribution in [-0.4, -0.2) is 28.2 Å². The first-order valence-corrected chi connectivity index (χ1v) is 8.03. The standard InChI is InChI=1S/C19H23NO3/c1-19(2,3)23-18(22)20-9-8-14-10-15(13-6-4-5-7-13)11-17(21)16(14)12-20/h4,6-7,10-11,21H,5,8-9,12H2,1-3H3. The molecule has 1 aromatic carbocycles. The van der Waals surface area contributed by atoms with Crippen LogP contribution in [0.1, 0.15) is 43.9 Å². The summed E-state index contributed by atoms with van der Waals surface area (Å²) in [7, 11) is 0. The van der Waals surface area contributed by atoms with Gasteiger partial charge >= 0.3 is 6.09 Å². The van der Waals surface area contributed by atoms with Crippen LogP contribution in [0.5, 0.6) is 5.75 Å². The van der Waals surface area contributed by atoms with Crippen LogP contribution in [0.4, 0.5) is 4.79 Å². The molecule has 1 heterocycles. The second-order valence-corrected chi connectivity index (χ2v) is 7.08. The van der Waals surface area contributed by atoms with Gasteiger partial charge in [0.05, 0.1) is 6.54 Å². The van der Waals surface area contributed by atoms with Crippen molar-refractivity contribution in [2.75, 3.05) is 6.54 Å². The number of aromatic hydroxyl groups is 1. The third-order valence-electron chi connectivity index (χ3n) is 4.08. The highest BCUT2D eigenvalue weighted by Crippen LogP contribution is 2.33. The molecule has 122 valence electrons. The number of amides is 1. The van der Waals surface area contributed by atoms with Gasteiger partial charge in [0.2, 0.25) is 0 Å². The van der Waals surface area contributed by atoms with E-state index >= 15 is 0 Å². The molecule has 0 saturated carbocycles. The zero-order valence-corrected chi connectivity index (χ0v) is 13.9. The molecule has 23 heavy (non-hydrogen) atoms. The highest BCUT2D eigenvalue weighted by Gasteiger charge is 2.27. The van der Waals surface area contributed by atoms with Crippen molar-refractivity contribution >= 4 is 11.7 Å². The second-order valence-electron chi connectivity index (χ2n) is 7.08. The van der Waals surface area contributed by atoms with Crippen LogP contribution in [0, 0.1) is 0 Å². The highest BCUT2D eigenvalue weighted by molar-refractivity contribution is 5.78. The van der Waals surface area contributed by atoms with Gasteiger partial charge < -0.3 is 14.7 Å². The monoisotopic (exact) mass is 313 g/mol. The van der Waals surface area contributed by atoms with Crippen molar-refractivity contribution < 1.29 is 14.6 Å². The van der Waals surface area contributed by atoms with Crippen molar-refractivity contribution in [3.63, 3.8) is 0 Å². The van der Waals surface area contributed by atoms with Crippen molar-refractivity contribution in [1.82, 2.24) is 4.90 Å². The molecule has 0 spiro atoms. The lowest BCUT2D eigenvalue weighted by atomic mass is 9.94. The SMILES string of the molecule is CC(C)(C)OC(=O)N1CCc2cc(C3=CCC=C3)cc(O)c2C1. The van der Waals surface area contributed by atoms with Gasteiger partial charge in [-0.2, -0.15) is 0 Å². The molecular weight excluding hydrogens is 290 g/mol. The molecular formula is C19H23NO3. The Morgan fingerprint density at radius 1 is 1.30 bits per heavy atom. The molecule has 2 aliphatic rings. The number of ether oxygens (including phenoxy) is 1. The minimum absolute atomic E-state index is 0.256. The number of fused-ring (bicyclic) bond motifs is 1. The summed E-state index contributed by atoms with van der Waals surface area (Å²) >= 11 is 0. The van der Waals surface area contributed by atoms with Gasteiger partial charge in [0.1, 0.15) is 11.4 Å². The number of nitrogens with zero attached hydrogens (tertiary/aromatic N) is 1. The number of carbonyl (C=O) groups excluding carboxylic acids is 1. The topological polar surface area (TPSA) is 49.8 Å². The van der Waals surface area contributed by atoms with Crippen molar-refractivity contribution in [3.05, 3.63) is 47.1 Å². The van der Waals surface area contributed by atoms with E-state index in [1.807, 2.05) is 20.8 Å². The number of phenols is 1. The molecule has 0 unspecified atom stereocenters. The zero-order chi connectivity index (χ0) is 16.6. The normalized spacial score (nSPS) is 17.0. The quantitative estimate of drug-likeness (QED) is 0.851. The van der Waals surface area contributed by atoms with Gasteiger partial charge in [-0.05, 0) is 56.4 Å². The van der Waals surface area contributed by atoms with E-state index in [2.05, 4.69) is 24.3 Å². The first-order chi connectivity index (χ1) is 10.8.